The van der Waals surface area contributed by atoms with E-state index in [1.807, 2.05) is 0 Å². The molecule has 0 amide bonds. The summed E-state index contributed by atoms with van der Waals surface area (Å²) in [6.07, 6.45) is 5.55. The van der Waals surface area contributed by atoms with Crippen LogP contribution in [0.4, 0.5) is 0 Å². The van der Waals surface area contributed by atoms with Crippen molar-refractivity contribution in [3.8, 4) is 0 Å². The van der Waals surface area contributed by atoms with Crippen LogP contribution >= 0.6 is 15.9 Å². The highest BCUT2D eigenvalue weighted by Gasteiger charge is 2.26. The molecule has 1 N–H and O–H groups in total. The number of nitrogens with one attached hydrogen (secondary N) is 1. The average Bonchev–Trinajstić information content (AvgIpc) is 2.80. The summed E-state index contributed by atoms with van der Waals surface area (Å²) in [6, 6.07) is 5.13. The standard InChI is InChI=1S/C15H22BrN/c1-10-9-14(16)11(2)8-13(10)15(17-3)12-6-4-5-7-12/h8-9,12,15,17H,4-7H2,1-3H3. The van der Waals surface area contributed by atoms with Gasteiger partial charge in [0.25, 0.3) is 0 Å². The fraction of sp³-hybridized carbons (Fsp3) is 0.600. The summed E-state index contributed by atoms with van der Waals surface area (Å²) in [7, 11) is 2.10. The van der Waals surface area contributed by atoms with Crippen LogP contribution in [0.5, 0.6) is 0 Å². The smallest absolute Gasteiger partial charge is 0.0348 e. The van der Waals surface area contributed by atoms with Gasteiger partial charge >= 0.3 is 0 Å². The van der Waals surface area contributed by atoms with E-state index in [-0.39, 0.29) is 0 Å². The van der Waals surface area contributed by atoms with Crippen molar-refractivity contribution in [3.05, 3.63) is 33.3 Å². The zero-order valence-electron chi connectivity index (χ0n) is 11.0. The molecule has 1 aliphatic carbocycles. The maximum atomic E-state index is 3.61. The Balaban J connectivity index is 2.32. The third-order valence-electron chi connectivity index (χ3n) is 4.06. The second-order valence-corrected chi connectivity index (χ2v) is 6.12. The third-order valence-corrected chi connectivity index (χ3v) is 4.92. The van der Waals surface area contributed by atoms with Crippen molar-refractivity contribution >= 4 is 15.9 Å². The van der Waals surface area contributed by atoms with Crippen LogP contribution in [-0.4, -0.2) is 7.05 Å². The van der Waals surface area contributed by atoms with Crippen LogP contribution in [0.15, 0.2) is 16.6 Å². The van der Waals surface area contributed by atoms with E-state index in [0.29, 0.717) is 6.04 Å². The Labute approximate surface area is 113 Å². The van der Waals surface area contributed by atoms with Gasteiger partial charge in [-0.05, 0) is 62.4 Å². The second kappa shape index (κ2) is 5.53. The van der Waals surface area contributed by atoms with E-state index >= 15 is 0 Å². The molecule has 0 saturated heterocycles. The highest BCUT2D eigenvalue weighted by atomic mass is 79.9. The molecule has 0 radical (unpaired) electrons. The highest BCUT2D eigenvalue weighted by Crippen LogP contribution is 2.37. The fourth-order valence-corrected chi connectivity index (χ4v) is 3.53. The molecule has 1 saturated carbocycles. The predicted molar refractivity (Wildman–Crippen MR) is 77.4 cm³/mol. The minimum absolute atomic E-state index is 0.532. The summed E-state index contributed by atoms with van der Waals surface area (Å²) in [5, 5.41) is 3.53. The SMILES string of the molecule is CNC(c1cc(C)c(Br)cc1C)C1CCCC1. The minimum atomic E-state index is 0.532. The van der Waals surface area contributed by atoms with E-state index in [4.69, 9.17) is 0 Å². The molecule has 0 spiro atoms. The quantitative estimate of drug-likeness (QED) is 0.865. The van der Waals surface area contributed by atoms with Gasteiger partial charge in [-0.15, -0.1) is 0 Å². The van der Waals surface area contributed by atoms with Crippen LogP contribution in [0.25, 0.3) is 0 Å². The Morgan fingerprint density at radius 3 is 2.41 bits per heavy atom. The molecule has 0 heterocycles. The minimum Gasteiger partial charge on any atom is -0.313 e. The van der Waals surface area contributed by atoms with E-state index in [1.165, 1.54) is 46.8 Å². The lowest BCUT2D eigenvalue weighted by molar-refractivity contribution is 0.389. The first-order chi connectivity index (χ1) is 8.13. The molecule has 1 atom stereocenters. The van der Waals surface area contributed by atoms with E-state index < -0.39 is 0 Å². The highest BCUT2D eigenvalue weighted by molar-refractivity contribution is 9.10. The molecule has 0 bridgehead atoms. The molecule has 17 heavy (non-hydrogen) atoms. The van der Waals surface area contributed by atoms with Gasteiger partial charge in [-0.3, -0.25) is 0 Å². The normalized spacial score (nSPS) is 18.6. The van der Waals surface area contributed by atoms with Crippen LogP contribution in [0.2, 0.25) is 0 Å². The summed E-state index contributed by atoms with van der Waals surface area (Å²) in [4.78, 5) is 0. The van der Waals surface area contributed by atoms with Crippen LogP contribution in [0.3, 0.4) is 0 Å². The van der Waals surface area contributed by atoms with Crippen LogP contribution in [-0.2, 0) is 0 Å². The number of hydrogen-bond acceptors (Lipinski definition) is 1. The summed E-state index contributed by atoms with van der Waals surface area (Å²) in [5.74, 6) is 0.819. The number of benzene rings is 1. The fourth-order valence-electron chi connectivity index (χ4n) is 3.07. The van der Waals surface area contributed by atoms with Gasteiger partial charge in [0.2, 0.25) is 0 Å². The molecule has 94 valence electrons. The molecule has 1 nitrogen and oxygen atoms in total. The maximum absolute atomic E-state index is 3.61. The zero-order chi connectivity index (χ0) is 12.4. The number of halogens is 1. The molecule has 1 unspecified atom stereocenters. The first kappa shape index (κ1) is 13.1. The van der Waals surface area contributed by atoms with Crippen LogP contribution in [0, 0.1) is 19.8 Å². The van der Waals surface area contributed by atoms with Gasteiger partial charge in [0, 0.05) is 10.5 Å². The first-order valence-corrected chi connectivity index (χ1v) is 7.36. The molecular formula is C15H22BrN. The average molecular weight is 296 g/mol. The largest absolute Gasteiger partial charge is 0.313 e. The number of rotatable bonds is 3. The van der Waals surface area contributed by atoms with Crippen molar-refractivity contribution in [2.24, 2.45) is 5.92 Å². The molecule has 1 aromatic rings. The Kier molecular flexibility index (Phi) is 4.26. The monoisotopic (exact) mass is 295 g/mol. The van der Waals surface area contributed by atoms with Gasteiger partial charge in [0.05, 0.1) is 0 Å². The molecule has 1 fully saturated rings. The molecule has 0 aromatic heterocycles. The molecule has 1 aliphatic rings. The Hall–Kier alpha value is -0.340. The molecule has 2 rings (SSSR count). The Bertz CT molecular complexity index is 394. The molecule has 0 aliphatic heterocycles. The van der Waals surface area contributed by atoms with E-state index in [9.17, 15) is 0 Å². The summed E-state index contributed by atoms with van der Waals surface area (Å²) >= 11 is 3.61. The molecular weight excluding hydrogens is 274 g/mol. The lowest BCUT2D eigenvalue weighted by Crippen LogP contribution is -2.24. The van der Waals surface area contributed by atoms with Crippen LogP contribution < -0.4 is 5.32 Å². The zero-order valence-corrected chi connectivity index (χ0v) is 12.6. The van der Waals surface area contributed by atoms with Crippen molar-refractivity contribution < 1.29 is 0 Å². The van der Waals surface area contributed by atoms with Crippen molar-refractivity contribution in [1.82, 2.24) is 5.32 Å². The van der Waals surface area contributed by atoms with E-state index in [0.717, 1.165) is 5.92 Å². The Morgan fingerprint density at radius 1 is 1.18 bits per heavy atom. The maximum Gasteiger partial charge on any atom is 0.0348 e. The summed E-state index contributed by atoms with van der Waals surface area (Å²) < 4.78 is 1.22. The second-order valence-electron chi connectivity index (χ2n) is 5.27. The van der Waals surface area contributed by atoms with Gasteiger partial charge in [0.1, 0.15) is 0 Å². The van der Waals surface area contributed by atoms with E-state index in [2.05, 4.69) is 54.3 Å². The Morgan fingerprint density at radius 2 is 1.82 bits per heavy atom. The van der Waals surface area contributed by atoms with E-state index in [1.54, 1.807) is 0 Å². The van der Waals surface area contributed by atoms with Gasteiger partial charge in [-0.2, -0.15) is 0 Å². The van der Waals surface area contributed by atoms with Crippen molar-refractivity contribution in [1.29, 1.82) is 0 Å². The molecule has 1 aromatic carbocycles. The van der Waals surface area contributed by atoms with Gasteiger partial charge in [-0.25, -0.2) is 0 Å². The topological polar surface area (TPSA) is 12.0 Å². The molecule has 2 heteroatoms. The number of hydrogen-bond donors (Lipinski definition) is 1. The summed E-state index contributed by atoms with van der Waals surface area (Å²) in [6.45, 7) is 4.40. The predicted octanol–water partition coefficient (Wildman–Crippen LogP) is 4.52. The van der Waals surface area contributed by atoms with Crippen molar-refractivity contribution in [3.63, 3.8) is 0 Å². The van der Waals surface area contributed by atoms with Crippen molar-refractivity contribution in [2.45, 2.75) is 45.6 Å². The number of aryl methyl sites for hydroxylation is 2. The van der Waals surface area contributed by atoms with Gasteiger partial charge < -0.3 is 5.32 Å². The van der Waals surface area contributed by atoms with Gasteiger partial charge in [-0.1, -0.05) is 34.8 Å². The summed E-state index contributed by atoms with van der Waals surface area (Å²) in [5.41, 5.74) is 4.22. The lowest BCUT2D eigenvalue weighted by atomic mass is 9.88. The van der Waals surface area contributed by atoms with Crippen molar-refractivity contribution in [2.75, 3.05) is 7.05 Å². The van der Waals surface area contributed by atoms with Crippen LogP contribution in [0.1, 0.15) is 48.4 Å². The van der Waals surface area contributed by atoms with Gasteiger partial charge in [0.15, 0.2) is 0 Å². The third kappa shape index (κ3) is 2.74. The lowest BCUT2D eigenvalue weighted by Gasteiger charge is -2.25. The first-order valence-electron chi connectivity index (χ1n) is 6.57.